The van der Waals surface area contributed by atoms with Gasteiger partial charge in [0.25, 0.3) is 0 Å². The van der Waals surface area contributed by atoms with Crippen molar-refractivity contribution in [2.75, 3.05) is 7.11 Å². The number of methoxy groups -OCH3 is 1. The van der Waals surface area contributed by atoms with E-state index in [-0.39, 0.29) is 6.42 Å². The molecule has 0 aliphatic heterocycles. The van der Waals surface area contributed by atoms with Crippen molar-refractivity contribution in [3.63, 3.8) is 0 Å². The highest BCUT2D eigenvalue weighted by molar-refractivity contribution is 7.46. The zero-order valence-corrected chi connectivity index (χ0v) is 12.4. The lowest BCUT2D eigenvalue weighted by molar-refractivity contribution is -0.146. The predicted molar refractivity (Wildman–Crippen MR) is 75.4 cm³/mol. The van der Waals surface area contributed by atoms with Gasteiger partial charge in [0.2, 0.25) is 0 Å². The van der Waals surface area contributed by atoms with Gasteiger partial charge in [0, 0.05) is 6.42 Å². The second-order valence-corrected chi connectivity index (χ2v) is 5.41. The molecule has 0 heterocycles. The molecule has 0 fully saturated rings. The first kappa shape index (κ1) is 18.0. The van der Waals surface area contributed by atoms with Crippen LogP contribution in [-0.4, -0.2) is 33.5 Å². The fourth-order valence-electron chi connectivity index (χ4n) is 1.69. The number of phenolic OH excluding ortho intramolecular Hbond substituents is 1. The summed E-state index contributed by atoms with van der Waals surface area (Å²) >= 11 is 0. The molecule has 0 bridgehead atoms. The second-order valence-electron chi connectivity index (χ2n) is 4.25. The van der Waals surface area contributed by atoms with Crippen LogP contribution in [0.2, 0.25) is 0 Å². The monoisotopic (exact) mass is 330 g/mol. The maximum absolute atomic E-state index is 11.7. The maximum atomic E-state index is 11.7. The number of nitrogens with two attached hydrogens (primary N) is 1. The third-order valence-electron chi connectivity index (χ3n) is 2.74. The number of esters is 1. The van der Waals surface area contributed by atoms with Crippen molar-refractivity contribution in [1.82, 2.24) is 5.43 Å². The quantitative estimate of drug-likeness (QED) is 0.151. The van der Waals surface area contributed by atoms with Gasteiger partial charge in [-0.05, 0) is 17.7 Å². The van der Waals surface area contributed by atoms with Gasteiger partial charge in [0.05, 0.1) is 7.11 Å². The fourth-order valence-corrected chi connectivity index (χ4v) is 2.10. The molecule has 1 atom stereocenters. The van der Waals surface area contributed by atoms with Gasteiger partial charge < -0.3 is 14.4 Å². The number of carbonyl (C=O) groups excluding carboxylic acids is 1. The molecule has 0 radical (unpaired) electrons. The molecular formula is C12H15N2O7P. The van der Waals surface area contributed by atoms with Gasteiger partial charge in [-0.3, -0.25) is 15.6 Å². The number of hydrogen-bond acceptors (Lipinski definition) is 7. The van der Waals surface area contributed by atoms with E-state index < -0.39 is 30.8 Å². The summed E-state index contributed by atoms with van der Waals surface area (Å²) < 4.78 is 19.6. The summed E-state index contributed by atoms with van der Waals surface area (Å²) in [5.41, 5.74) is 0.901. The van der Waals surface area contributed by atoms with E-state index in [9.17, 15) is 14.5 Å². The van der Waals surface area contributed by atoms with E-state index in [0.717, 1.165) is 19.2 Å². The van der Waals surface area contributed by atoms with Crippen LogP contribution in [-0.2, 0) is 20.5 Å². The number of nitrogens with one attached hydrogen (secondary N) is 1. The van der Waals surface area contributed by atoms with Crippen LogP contribution in [0.1, 0.15) is 5.56 Å². The fraction of sp³-hybridized carbons (Fsp3) is 0.250. The minimum atomic E-state index is -4.80. The Hall–Kier alpha value is -2.08. The normalized spacial score (nSPS) is 13.8. The molecule has 1 unspecified atom stereocenters. The van der Waals surface area contributed by atoms with Gasteiger partial charge in [0.15, 0.2) is 17.0 Å². The average molecular weight is 330 g/mol. The van der Waals surface area contributed by atoms with Crippen LogP contribution in [0.3, 0.4) is 0 Å². The molecular weight excluding hydrogens is 315 g/mol. The van der Waals surface area contributed by atoms with Crippen LogP contribution in [0.25, 0.3) is 0 Å². The summed E-state index contributed by atoms with van der Waals surface area (Å²) in [7, 11) is -3.66. The smallest absolute Gasteiger partial charge is 0.504 e. The number of phenols is 1. The standard InChI is InChI=1S/C12H15N2O7P/c1-3-12(14-13,11(16)20-2)7-8-4-5-10(9(15)6-8)21-22(17,18)19/h1,4-6,14-15H,7,13H2,2H3,(H2,17,18,19). The molecule has 1 rings (SSSR count). The number of phosphoric acid groups is 1. The molecule has 0 aromatic heterocycles. The molecule has 0 aliphatic rings. The Labute approximate surface area is 126 Å². The molecule has 22 heavy (non-hydrogen) atoms. The largest absolute Gasteiger partial charge is 0.524 e. The first-order valence-electron chi connectivity index (χ1n) is 5.78. The van der Waals surface area contributed by atoms with Gasteiger partial charge in [-0.1, -0.05) is 12.0 Å². The summed E-state index contributed by atoms with van der Waals surface area (Å²) in [5.74, 6) is 5.75. The molecule has 0 aliphatic carbocycles. The van der Waals surface area contributed by atoms with Crippen molar-refractivity contribution in [2.24, 2.45) is 5.84 Å². The Morgan fingerprint density at radius 2 is 2.18 bits per heavy atom. The third kappa shape index (κ3) is 4.21. The van der Waals surface area contributed by atoms with Crippen molar-refractivity contribution in [2.45, 2.75) is 12.0 Å². The SMILES string of the molecule is C#CC(Cc1ccc(OP(=O)(O)O)c(O)c1)(NN)C(=O)OC. The lowest BCUT2D eigenvalue weighted by Crippen LogP contribution is -2.56. The summed E-state index contributed by atoms with van der Waals surface area (Å²) in [5, 5.41) is 9.70. The zero-order valence-electron chi connectivity index (χ0n) is 11.5. The first-order valence-corrected chi connectivity index (χ1v) is 7.31. The molecule has 0 saturated heterocycles. The molecule has 120 valence electrons. The predicted octanol–water partition coefficient (Wildman–Crippen LogP) is -0.586. The van der Waals surface area contributed by atoms with Crippen molar-refractivity contribution >= 4 is 13.8 Å². The van der Waals surface area contributed by atoms with Gasteiger partial charge in [0.1, 0.15) is 0 Å². The van der Waals surface area contributed by atoms with Crippen LogP contribution in [0, 0.1) is 12.3 Å². The van der Waals surface area contributed by atoms with E-state index in [4.69, 9.17) is 22.1 Å². The highest BCUT2D eigenvalue weighted by atomic mass is 31.2. The average Bonchev–Trinajstić information content (AvgIpc) is 2.45. The van der Waals surface area contributed by atoms with E-state index in [1.54, 1.807) is 0 Å². The van der Waals surface area contributed by atoms with E-state index >= 15 is 0 Å². The Balaban J connectivity index is 3.09. The zero-order chi connectivity index (χ0) is 17.0. The third-order valence-corrected chi connectivity index (χ3v) is 3.17. The van der Waals surface area contributed by atoms with Gasteiger partial charge >= 0.3 is 13.8 Å². The maximum Gasteiger partial charge on any atom is 0.524 e. The number of benzene rings is 1. The van der Waals surface area contributed by atoms with Crippen LogP contribution in [0.5, 0.6) is 11.5 Å². The molecule has 0 amide bonds. The van der Waals surface area contributed by atoms with E-state index in [2.05, 4.69) is 20.6 Å². The minimum absolute atomic E-state index is 0.129. The van der Waals surface area contributed by atoms with E-state index in [1.165, 1.54) is 6.07 Å². The summed E-state index contributed by atoms with van der Waals surface area (Å²) in [6, 6.07) is 3.62. The Bertz CT molecular complexity index is 651. The Morgan fingerprint density at radius 1 is 1.55 bits per heavy atom. The lowest BCUT2D eigenvalue weighted by atomic mass is 9.92. The molecule has 9 nitrogen and oxygen atoms in total. The van der Waals surface area contributed by atoms with Crippen LogP contribution in [0.4, 0.5) is 0 Å². The highest BCUT2D eigenvalue weighted by Crippen LogP contribution is 2.41. The number of ether oxygens (including phenoxy) is 1. The van der Waals surface area contributed by atoms with Gasteiger partial charge in [-0.2, -0.15) is 0 Å². The number of phosphoric ester groups is 1. The Kier molecular flexibility index (Phi) is 5.54. The summed E-state index contributed by atoms with van der Waals surface area (Å²) in [4.78, 5) is 29.1. The van der Waals surface area contributed by atoms with Crippen molar-refractivity contribution in [1.29, 1.82) is 0 Å². The van der Waals surface area contributed by atoms with Crippen molar-refractivity contribution in [3.05, 3.63) is 23.8 Å². The van der Waals surface area contributed by atoms with Gasteiger partial charge in [-0.25, -0.2) is 14.8 Å². The van der Waals surface area contributed by atoms with Crippen LogP contribution < -0.4 is 15.8 Å². The minimum Gasteiger partial charge on any atom is -0.504 e. The molecule has 1 aromatic rings. The number of rotatable bonds is 6. The first-order chi connectivity index (χ1) is 10.2. The number of hydrogen-bond donors (Lipinski definition) is 5. The van der Waals surface area contributed by atoms with Crippen LogP contribution in [0.15, 0.2) is 18.2 Å². The van der Waals surface area contributed by atoms with Crippen molar-refractivity contribution in [3.8, 4) is 23.8 Å². The molecule has 0 spiro atoms. The van der Waals surface area contributed by atoms with E-state index in [1.807, 2.05) is 0 Å². The molecule has 0 saturated carbocycles. The van der Waals surface area contributed by atoms with E-state index in [0.29, 0.717) is 5.56 Å². The number of aromatic hydroxyl groups is 1. The topological polar surface area (TPSA) is 151 Å². The Morgan fingerprint density at radius 3 is 2.59 bits per heavy atom. The molecule has 10 heteroatoms. The molecule has 1 aromatic carbocycles. The summed E-state index contributed by atoms with van der Waals surface area (Å²) in [6.45, 7) is 0. The number of terminal acetylenes is 1. The lowest BCUT2D eigenvalue weighted by Gasteiger charge is -2.24. The number of hydrazine groups is 1. The number of carbonyl (C=O) groups is 1. The van der Waals surface area contributed by atoms with Gasteiger partial charge in [-0.15, -0.1) is 6.42 Å². The summed E-state index contributed by atoms with van der Waals surface area (Å²) in [6.07, 6.45) is 5.18. The molecule has 6 N–H and O–H groups in total. The second kappa shape index (κ2) is 6.79. The van der Waals surface area contributed by atoms with Crippen molar-refractivity contribution < 1.29 is 33.5 Å². The van der Waals surface area contributed by atoms with Crippen LogP contribution >= 0.6 is 7.82 Å². The highest BCUT2D eigenvalue weighted by Gasteiger charge is 2.37.